The summed E-state index contributed by atoms with van der Waals surface area (Å²) in [5, 5.41) is 0. The highest BCUT2D eigenvalue weighted by atomic mass is 32.2. The second-order valence-corrected chi connectivity index (χ2v) is 4.40. The molecule has 0 aromatic carbocycles. The van der Waals surface area contributed by atoms with Crippen molar-refractivity contribution in [2.45, 2.75) is 32.6 Å². The summed E-state index contributed by atoms with van der Waals surface area (Å²) in [6.45, 7) is 2.10. The van der Waals surface area contributed by atoms with E-state index in [9.17, 15) is 8.42 Å². The van der Waals surface area contributed by atoms with Crippen LogP contribution in [0, 0.1) is 6.26 Å². The summed E-state index contributed by atoms with van der Waals surface area (Å²) in [6.07, 6.45) is 7.07. The summed E-state index contributed by atoms with van der Waals surface area (Å²) < 4.78 is 21.0. The summed E-state index contributed by atoms with van der Waals surface area (Å²) in [5.41, 5.74) is 0. The van der Waals surface area contributed by atoms with E-state index in [1.54, 1.807) is 0 Å². The molecule has 0 heterocycles. The van der Waals surface area contributed by atoms with Crippen molar-refractivity contribution in [3.05, 3.63) is 6.26 Å². The second kappa shape index (κ2) is 4.72. The molecule has 0 aliphatic carbocycles. The molecule has 0 aliphatic rings. The van der Waals surface area contributed by atoms with E-state index in [-0.39, 0.29) is 5.75 Å². The average molecular weight is 163 g/mol. The Kier molecular flexibility index (Phi) is 4.69. The third-order valence-electron chi connectivity index (χ3n) is 1.31. The van der Waals surface area contributed by atoms with Gasteiger partial charge in [-0.15, -0.1) is 0 Å². The Labute approximate surface area is 63.6 Å². The molecule has 0 saturated carbocycles. The first-order chi connectivity index (χ1) is 4.56. The van der Waals surface area contributed by atoms with E-state index in [0.29, 0.717) is 0 Å². The third kappa shape index (κ3) is 7.95. The molecule has 0 bridgehead atoms. The number of hydrogen-bond donors (Lipinski definition) is 0. The first kappa shape index (κ1) is 9.95. The Balaban J connectivity index is 3.21. The molecule has 0 fully saturated rings. The van der Waals surface area contributed by atoms with Gasteiger partial charge in [-0.05, 0) is 6.42 Å². The standard InChI is InChI=1S/C7H15O2S/c1-3-4-5-6-7-10(2,8)9/h2-7H2,1H3. The van der Waals surface area contributed by atoms with Crippen LogP contribution in [0.1, 0.15) is 32.6 Å². The zero-order valence-corrected chi connectivity index (χ0v) is 7.28. The smallest absolute Gasteiger partial charge is 0.151 e. The lowest BCUT2D eigenvalue weighted by Gasteiger charge is -1.95. The molecule has 0 rings (SSSR count). The highest BCUT2D eigenvalue weighted by Crippen LogP contribution is 2.01. The lowest BCUT2D eigenvalue weighted by molar-refractivity contribution is 0.597. The van der Waals surface area contributed by atoms with Gasteiger partial charge in [-0.3, -0.25) is 0 Å². The van der Waals surface area contributed by atoms with E-state index in [2.05, 4.69) is 13.2 Å². The zero-order valence-electron chi connectivity index (χ0n) is 6.47. The van der Waals surface area contributed by atoms with Crippen LogP contribution in [0.15, 0.2) is 0 Å². The van der Waals surface area contributed by atoms with Crippen molar-refractivity contribution in [2.24, 2.45) is 0 Å². The predicted octanol–water partition coefficient (Wildman–Crippen LogP) is 1.77. The molecule has 0 atom stereocenters. The van der Waals surface area contributed by atoms with Gasteiger partial charge < -0.3 is 0 Å². The van der Waals surface area contributed by atoms with E-state index in [0.717, 1.165) is 25.7 Å². The maximum Gasteiger partial charge on any atom is 0.151 e. The van der Waals surface area contributed by atoms with Gasteiger partial charge in [0.2, 0.25) is 0 Å². The molecular weight excluding hydrogens is 148 g/mol. The Morgan fingerprint density at radius 1 is 1.20 bits per heavy atom. The van der Waals surface area contributed by atoms with Gasteiger partial charge in [0.05, 0.1) is 12.0 Å². The lowest BCUT2D eigenvalue weighted by atomic mass is 10.2. The summed E-state index contributed by atoms with van der Waals surface area (Å²) >= 11 is 0. The molecule has 2 nitrogen and oxygen atoms in total. The van der Waals surface area contributed by atoms with E-state index in [1.165, 1.54) is 0 Å². The Morgan fingerprint density at radius 2 is 1.80 bits per heavy atom. The summed E-state index contributed by atoms with van der Waals surface area (Å²) in [4.78, 5) is 0. The van der Waals surface area contributed by atoms with Gasteiger partial charge in [0, 0.05) is 0 Å². The van der Waals surface area contributed by atoms with E-state index < -0.39 is 9.84 Å². The highest BCUT2D eigenvalue weighted by molar-refractivity contribution is 7.92. The maximum absolute atomic E-state index is 10.5. The molecule has 1 radical (unpaired) electrons. The largest absolute Gasteiger partial charge is 0.229 e. The zero-order chi connectivity index (χ0) is 8.04. The van der Waals surface area contributed by atoms with Crippen LogP contribution in [0.4, 0.5) is 0 Å². The fraction of sp³-hybridized carbons (Fsp3) is 0.857. The van der Waals surface area contributed by atoms with Gasteiger partial charge in [0.1, 0.15) is 0 Å². The predicted molar refractivity (Wildman–Crippen MR) is 43.3 cm³/mol. The van der Waals surface area contributed by atoms with Crippen LogP contribution in [0.2, 0.25) is 0 Å². The molecule has 0 saturated heterocycles. The fourth-order valence-electron chi connectivity index (χ4n) is 0.749. The van der Waals surface area contributed by atoms with Crippen molar-refractivity contribution in [3.63, 3.8) is 0 Å². The molecule has 0 aromatic heterocycles. The molecule has 3 heteroatoms. The first-order valence-corrected chi connectivity index (χ1v) is 5.44. The van der Waals surface area contributed by atoms with E-state index >= 15 is 0 Å². The van der Waals surface area contributed by atoms with E-state index in [1.807, 2.05) is 0 Å². The summed E-state index contributed by atoms with van der Waals surface area (Å²) in [7, 11) is -2.95. The molecule has 61 valence electrons. The van der Waals surface area contributed by atoms with Gasteiger partial charge in [-0.2, -0.15) is 0 Å². The topological polar surface area (TPSA) is 34.1 Å². The van der Waals surface area contributed by atoms with Crippen molar-refractivity contribution in [1.82, 2.24) is 0 Å². The average Bonchev–Trinajstić information content (AvgIpc) is 1.78. The van der Waals surface area contributed by atoms with Crippen LogP contribution in [0.3, 0.4) is 0 Å². The first-order valence-electron chi connectivity index (χ1n) is 3.62. The van der Waals surface area contributed by atoms with Crippen LogP contribution in [0.5, 0.6) is 0 Å². The Morgan fingerprint density at radius 3 is 2.20 bits per heavy atom. The molecule has 0 N–H and O–H groups in total. The Bertz CT molecular complexity index is 158. The van der Waals surface area contributed by atoms with Crippen molar-refractivity contribution in [2.75, 3.05) is 5.75 Å². The van der Waals surface area contributed by atoms with Gasteiger partial charge >= 0.3 is 0 Å². The maximum atomic E-state index is 10.5. The van der Waals surface area contributed by atoms with Crippen LogP contribution in [-0.2, 0) is 9.84 Å². The second-order valence-electron chi connectivity index (χ2n) is 2.51. The third-order valence-corrected chi connectivity index (χ3v) is 2.22. The fourth-order valence-corrected chi connectivity index (χ4v) is 1.39. The minimum atomic E-state index is -2.95. The number of unbranched alkanes of at least 4 members (excludes halogenated alkanes) is 3. The molecular formula is C7H15O2S. The molecule has 0 spiro atoms. The van der Waals surface area contributed by atoms with Crippen molar-refractivity contribution in [3.8, 4) is 0 Å². The van der Waals surface area contributed by atoms with Crippen molar-refractivity contribution in [1.29, 1.82) is 0 Å². The molecule has 0 aliphatic heterocycles. The Hall–Kier alpha value is -0.0500. The van der Waals surface area contributed by atoms with Crippen LogP contribution in [0.25, 0.3) is 0 Å². The van der Waals surface area contributed by atoms with Crippen LogP contribution < -0.4 is 0 Å². The summed E-state index contributed by atoms with van der Waals surface area (Å²) in [6, 6.07) is 0. The van der Waals surface area contributed by atoms with Gasteiger partial charge in [-0.25, -0.2) is 8.42 Å². The van der Waals surface area contributed by atoms with Crippen molar-refractivity contribution < 1.29 is 8.42 Å². The monoisotopic (exact) mass is 163 g/mol. The van der Waals surface area contributed by atoms with Crippen molar-refractivity contribution >= 4 is 9.84 Å². The molecule has 0 unspecified atom stereocenters. The lowest BCUT2D eigenvalue weighted by Crippen LogP contribution is -1.99. The van der Waals surface area contributed by atoms with Gasteiger partial charge in [0.15, 0.2) is 9.84 Å². The minimum absolute atomic E-state index is 0.243. The molecule has 10 heavy (non-hydrogen) atoms. The molecule has 0 amide bonds. The minimum Gasteiger partial charge on any atom is -0.229 e. The number of hydrogen-bond acceptors (Lipinski definition) is 2. The normalized spacial score (nSPS) is 11.8. The number of sulfone groups is 1. The highest BCUT2D eigenvalue weighted by Gasteiger charge is 1.99. The van der Waals surface area contributed by atoms with Crippen LogP contribution >= 0.6 is 0 Å². The SMILES string of the molecule is [CH2]S(=O)(=O)CCCCCC. The van der Waals surface area contributed by atoms with Crippen LogP contribution in [-0.4, -0.2) is 14.2 Å². The quantitative estimate of drug-likeness (QED) is 0.579. The molecule has 0 aromatic rings. The van der Waals surface area contributed by atoms with Gasteiger partial charge in [0.25, 0.3) is 0 Å². The van der Waals surface area contributed by atoms with E-state index in [4.69, 9.17) is 0 Å². The van der Waals surface area contributed by atoms with Gasteiger partial charge in [-0.1, -0.05) is 26.2 Å². The summed E-state index contributed by atoms with van der Waals surface area (Å²) in [5.74, 6) is 0.243. The number of rotatable bonds is 5.